The largest absolute Gasteiger partial charge is 0.107 e. The molecule has 0 fully saturated rings. The Morgan fingerprint density at radius 1 is 0.567 bits per heavy atom. The fourth-order valence-electron chi connectivity index (χ4n) is 2.66. The van der Waals surface area contributed by atoms with Crippen molar-refractivity contribution in [2.45, 2.75) is 27.7 Å². The van der Waals surface area contributed by atoms with E-state index in [1.54, 1.807) is 0 Å². The van der Waals surface area contributed by atoms with Crippen LogP contribution < -0.4 is 0 Å². The molecule has 2 aromatic carbocycles. The molecule has 30 heavy (non-hydrogen) atoms. The van der Waals surface area contributed by atoms with Crippen molar-refractivity contribution in [3.05, 3.63) is 90.1 Å². The fraction of sp³-hybridized carbons (Fsp3) is 0.154. The summed E-state index contributed by atoms with van der Waals surface area (Å²) < 4.78 is 2.72. The molecule has 0 spiro atoms. The summed E-state index contributed by atoms with van der Waals surface area (Å²) in [5.41, 5.74) is 2.55. The Kier molecular flexibility index (Phi) is 8.79. The molecule has 0 saturated heterocycles. The molecule has 0 unspecified atom stereocenters. The van der Waals surface area contributed by atoms with Gasteiger partial charge in [-0.3, -0.25) is 0 Å². The van der Waals surface area contributed by atoms with Crippen molar-refractivity contribution in [3.63, 3.8) is 0 Å². The van der Waals surface area contributed by atoms with Gasteiger partial charge in [-0.1, -0.05) is 114 Å². The average molecular weight is 463 g/mol. The predicted octanol–water partition coefficient (Wildman–Crippen LogP) is 8.88. The van der Waals surface area contributed by atoms with Gasteiger partial charge in [-0.15, -0.1) is 17.8 Å². The van der Waals surface area contributed by atoms with Crippen LogP contribution in [0.1, 0.15) is 38.8 Å². The smallest absolute Gasteiger partial charge is 0.0772 e. The molecule has 150 valence electrons. The molecule has 2 aliphatic heterocycles. The summed E-state index contributed by atoms with van der Waals surface area (Å²) in [7, 11) is 0. The molecule has 0 aliphatic carbocycles. The van der Waals surface area contributed by atoms with Gasteiger partial charge in [-0.2, -0.15) is 0 Å². The average Bonchev–Trinajstić information content (AvgIpc) is 3.39. The molecule has 2 heterocycles. The van der Waals surface area contributed by atoms with Gasteiger partial charge in [0.25, 0.3) is 0 Å². The fourth-order valence-corrected chi connectivity index (χ4v) is 8.16. The van der Waals surface area contributed by atoms with Gasteiger partial charge in [0.05, 0.1) is 13.4 Å². The van der Waals surface area contributed by atoms with Crippen molar-refractivity contribution < 1.29 is 0 Å². The standard InChI is InChI=1S/C22H16S4.C4H6/c1-3-10-18-20(17-13-8-5-9-14-17)26-22(24-18)21-23-15(2)19(25-21)16-11-6-4-7-12-16;1-3-4-2/h4-9,11-14H,1-2H3;1-2H3/b22-21+;. The summed E-state index contributed by atoms with van der Waals surface area (Å²) in [6.45, 7) is 7.76. The van der Waals surface area contributed by atoms with Crippen LogP contribution in [0, 0.1) is 23.7 Å². The molecule has 0 atom stereocenters. The van der Waals surface area contributed by atoms with Crippen molar-refractivity contribution in [1.29, 1.82) is 0 Å². The summed E-state index contributed by atoms with van der Waals surface area (Å²) in [6.07, 6.45) is 0. The van der Waals surface area contributed by atoms with Crippen molar-refractivity contribution in [2.75, 3.05) is 0 Å². The van der Waals surface area contributed by atoms with Crippen LogP contribution in [0.15, 0.2) is 78.9 Å². The van der Waals surface area contributed by atoms with E-state index in [0.29, 0.717) is 0 Å². The zero-order chi connectivity index (χ0) is 21.3. The highest BCUT2D eigenvalue weighted by Gasteiger charge is 2.29. The number of benzene rings is 2. The van der Waals surface area contributed by atoms with Gasteiger partial charge >= 0.3 is 0 Å². The summed E-state index contributed by atoms with van der Waals surface area (Å²) >= 11 is 7.46. The maximum atomic E-state index is 3.31. The SMILES string of the molecule is CC#CC.CC#CC1=C(c2ccccc2)S/C(=C2\SC(C)=C(c3ccccc3)S2)S1. The van der Waals surface area contributed by atoms with E-state index < -0.39 is 0 Å². The van der Waals surface area contributed by atoms with Crippen LogP contribution in [-0.4, -0.2) is 0 Å². The summed E-state index contributed by atoms with van der Waals surface area (Å²) in [5, 5.41) is 0. The van der Waals surface area contributed by atoms with Crippen LogP contribution in [0.2, 0.25) is 0 Å². The molecule has 2 aliphatic rings. The van der Waals surface area contributed by atoms with Crippen LogP contribution in [0.5, 0.6) is 0 Å². The van der Waals surface area contributed by atoms with Crippen LogP contribution in [0.3, 0.4) is 0 Å². The molecule has 4 heteroatoms. The van der Waals surface area contributed by atoms with Gasteiger partial charge < -0.3 is 0 Å². The zero-order valence-corrected chi connectivity index (χ0v) is 20.7. The second kappa shape index (κ2) is 11.5. The highest BCUT2D eigenvalue weighted by molar-refractivity contribution is 8.37. The molecule has 4 rings (SSSR count). The lowest BCUT2D eigenvalue weighted by molar-refractivity contribution is 1.62. The predicted molar refractivity (Wildman–Crippen MR) is 142 cm³/mol. The Balaban J connectivity index is 0.000000589. The third-order valence-electron chi connectivity index (χ3n) is 4.08. The summed E-state index contributed by atoms with van der Waals surface area (Å²) in [6, 6.07) is 21.2. The van der Waals surface area contributed by atoms with E-state index in [1.165, 1.54) is 39.2 Å². The first-order valence-corrected chi connectivity index (χ1v) is 12.7. The van der Waals surface area contributed by atoms with Crippen LogP contribution in [0.4, 0.5) is 0 Å². The lowest BCUT2D eigenvalue weighted by Gasteiger charge is -2.04. The molecular formula is C26H22S4. The van der Waals surface area contributed by atoms with Crippen LogP contribution in [0.25, 0.3) is 9.81 Å². The second-order valence-corrected chi connectivity index (χ2v) is 10.9. The Labute approximate surface area is 197 Å². The monoisotopic (exact) mass is 462 g/mol. The van der Waals surface area contributed by atoms with Gasteiger partial charge in [0.15, 0.2) is 0 Å². The van der Waals surface area contributed by atoms with E-state index in [4.69, 9.17) is 0 Å². The molecule has 0 amide bonds. The Morgan fingerprint density at radius 3 is 1.60 bits per heavy atom. The maximum Gasteiger partial charge on any atom is 0.0772 e. The lowest BCUT2D eigenvalue weighted by atomic mass is 10.2. The number of hydrogen-bond donors (Lipinski definition) is 0. The molecular weight excluding hydrogens is 441 g/mol. The van der Waals surface area contributed by atoms with Gasteiger partial charge in [0, 0.05) is 14.7 Å². The topological polar surface area (TPSA) is 0 Å². The highest BCUT2D eigenvalue weighted by Crippen LogP contribution is 2.63. The van der Waals surface area contributed by atoms with E-state index >= 15 is 0 Å². The Morgan fingerprint density at radius 2 is 1.07 bits per heavy atom. The van der Waals surface area contributed by atoms with Crippen LogP contribution in [-0.2, 0) is 0 Å². The van der Waals surface area contributed by atoms with Gasteiger partial charge in [-0.25, -0.2) is 0 Å². The van der Waals surface area contributed by atoms with Crippen molar-refractivity contribution >= 4 is 56.9 Å². The molecule has 0 aromatic heterocycles. The molecule has 0 nitrogen and oxygen atoms in total. The van der Waals surface area contributed by atoms with Crippen molar-refractivity contribution in [1.82, 2.24) is 0 Å². The summed E-state index contributed by atoms with van der Waals surface area (Å²) in [4.78, 5) is 5.19. The minimum atomic E-state index is 1.17. The minimum Gasteiger partial charge on any atom is -0.107 e. The molecule has 0 N–H and O–H groups in total. The number of rotatable bonds is 2. The first-order chi connectivity index (χ1) is 14.7. The second-order valence-electron chi connectivity index (χ2n) is 6.13. The summed E-state index contributed by atoms with van der Waals surface area (Å²) in [5.74, 6) is 11.7. The highest BCUT2D eigenvalue weighted by atomic mass is 32.2. The van der Waals surface area contributed by atoms with E-state index in [2.05, 4.69) is 91.3 Å². The Bertz CT molecular complexity index is 1110. The van der Waals surface area contributed by atoms with Crippen molar-refractivity contribution in [3.8, 4) is 23.7 Å². The molecule has 0 saturated carbocycles. The van der Waals surface area contributed by atoms with E-state index in [0.717, 1.165) is 0 Å². The quantitative estimate of drug-likeness (QED) is 0.408. The Hall–Kier alpha value is -1.82. The number of hydrogen-bond acceptors (Lipinski definition) is 4. The van der Waals surface area contributed by atoms with E-state index in [-0.39, 0.29) is 0 Å². The van der Waals surface area contributed by atoms with E-state index in [1.807, 2.05) is 67.8 Å². The molecule has 2 aromatic rings. The van der Waals surface area contributed by atoms with Gasteiger partial charge in [-0.05, 0) is 38.8 Å². The van der Waals surface area contributed by atoms with Crippen LogP contribution >= 0.6 is 47.0 Å². The maximum absolute atomic E-state index is 3.31. The third kappa shape index (κ3) is 5.65. The van der Waals surface area contributed by atoms with E-state index in [9.17, 15) is 0 Å². The van der Waals surface area contributed by atoms with Crippen molar-refractivity contribution in [2.24, 2.45) is 0 Å². The third-order valence-corrected chi connectivity index (χ3v) is 9.83. The zero-order valence-electron chi connectivity index (χ0n) is 17.4. The lowest BCUT2D eigenvalue weighted by Crippen LogP contribution is -1.78. The number of thioether (sulfide) groups is 4. The normalized spacial score (nSPS) is 17.6. The minimum absolute atomic E-state index is 1.17. The first kappa shape index (κ1) is 22.9. The molecule has 0 radical (unpaired) electrons. The molecule has 0 bridgehead atoms. The number of allylic oxidation sites excluding steroid dienone is 2. The van der Waals surface area contributed by atoms with Gasteiger partial charge in [0.2, 0.25) is 0 Å². The van der Waals surface area contributed by atoms with Gasteiger partial charge in [0.1, 0.15) is 0 Å². The first-order valence-electron chi connectivity index (χ1n) is 9.45.